The first-order valence-electron chi connectivity index (χ1n) is 6.48. The second kappa shape index (κ2) is 5.86. The van der Waals surface area contributed by atoms with Gasteiger partial charge in [0.1, 0.15) is 0 Å². The lowest BCUT2D eigenvalue weighted by atomic mass is 10.5. The number of hydrogen-bond donors (Lipinski definition) is 1. The molecule has 11 heteroatoms. The van der Waals surface area contributed by atoms with Gasteiger partial charge in [0, 0.05) is 27.2 Å². The topological polar surface area (TPSA) is 108 Å². The number of aromatic nitrogens is 4. The van der Waals surface area contributed by atoms with Crippen LogP contribution in [0.1, 0.15) is 6.92 Å². The average Bonchev–Trinajstić information content (AvgIpc) is 2.80. The Morgan fingerprint density at radius 1 is 1.23 bits per heavy atom. The summed E-state index contributed by atoms with van der Waals surface area (Å²) >= 11 is 6.01. The smallest absolute Gasteiger partial charge is 0.307 e. The van der Waals surface area contributed by atoms with Crippen molar-refractivity contribution in [2.24, 2.45) is 14.1 Å². The molecular formula is C11H16ClN5O4S. The molecule has 0 aliphatic heterocycles. The largest absolute Gasteiger partial charge is 0.332 e. The highest BCUT2D eigenvalue weighted by Crippen LogP contribution is 2.14. The van der Waals surface area contributed by atoms with E-state index in [1.54, 1.807) is 0 Å². The van der Waals surface area contributed by atoms with Crippen molar-refractivity contribution in [3.63, 3.8) is 0 Å². The fourth-order valence-electron chi connectivity index (χ4n) is 2.04. The Morgan fingerprint density at radius 3 is 2.45 bits per heavy atom. The van der Waals surface area contributed by atoms with E-state index in [4.69, 9.17) is 11.6 Å². The number of nitrogens with zero attached hydrogens (tertiary/aromatic N) is 4. The van der Waals surface area contributed by atoms with Crippen molar-refractivity contribution in [3.8, 4) is 0 Å². The molecule has 0 bridgehead atoms. The Labute approximate surface area is 131 Å². The number of rotatable bonds is 5. The van der Waals surface area contributed by atoms with E-state index in [1.165, 1.54) is 30.2 Å². The van der Waals surface area contributed by atoms with Gasteiger partial charge in [0.15, 0.2) is 11.2 Å². The summed E-state index contributed by atoms with van der Waals surface area (Å²) in [5, 5.41) is 0.0176. The predicted octanol–water partition coefficient (Wildman–Crippen LogP) is -0.974. The van der Waals surface area contributed by atoms with Crippen molar-refractivity contribution in [3.05, 3.63) is 26.1 Å². The van der Waals surface area contributed by atoms with Crippen LogP contribution in [0.2, 0.25) is 5.28 Å². The van der Waals surface area contributed by atoms with Crippen LogP contribution in [0.5, 0.6) is 0 Å². The van der Waals surface area contributed by atoms with E-state index in [2.05, 4.69) is 9.71 Å². The third kappa shape index (κ3) is 2.81. The van der Waals surface area contributed by atoms with E-state index in [9.17, 15) is 18.0 Å². The maximum Gasteiger partial charge on any atom is 0.332 e. The first-order valence-corrected chi connectivity index (χ1v) is 8.51. The van der Waals surface area contributed by atoms with Crippen LogP contribution in [0.3, 0.4) is 0 Å². The van der Waals surface area contributed by atoms with Crippen molar-refractivity contribution in [1.29, 1.82) is 0 Å². The van der Waals surface area contributed by atoms with Crippen molar-refractivity contribution in [2.75, 3.05) is 12.3 Å². The van der Waals surface area contributed by atoms with Crippen molar-refractivity contribution < 1.29 is 8.42 Å². The fraction of sp³-hybridized carbons (Fsp3) is 0.545. The van der Waals surface area contributed by atoms with E-state index in [0.29, 0.717) is 0 Å². The summed E-state index contributed by atoms with van der Waals surface area (Å²) in [5.41, 5.74) is -0.719. The number of sulfonamides is 1. The van der Waals surface area contributed by atoms with Crippen molar-refractivity contribution in [2.45, 2.75) is 13.5 Å². The minimum absolute atomic E-state index is 0.0176. The average molecular weight is 350 g/mol. The molecule has 0 radical (unpaired) electrons. The van der Waals surface area contributed by atoms with Gasteiger partial charge >= 0.3 is 5.69 Å². The standard InChI is InChI=1S/C11H16ClN5O4S/c1-4-22(20,21)13-5-6-17-7-8(14-10(17)12)15(2)11(19)16(3)9(7)18/h13H,4-6H2,1-3H3. The summed E-state index contributed by atoms with van der Waals surface area (Å²) in [6, 6.07) is 0. The second-order valence-corrected chi connectivity index (χ2v) is 7.14. The fourth-order valence-corrected chi connectivity index (χ4v) is 2.89. The first kappa shape index (κ1) is 16.7. The number of fused-ring (bicyclic) bond motifs is 1. The third-order valence-corrected chi connectivity index (χ3v) is 5.03. The minimum atomic E-state index is -3.34. The summed E-state index contributed by atoms with van der Waals surface area (Å²) in [6.45, 7) is 1.71. The van der Waals surface area contributed by atoms with Crippen LogP contribution in [0, 0.1) is 0 Å². The second-order valence-electron chi connectivity index (χ2n) is 4.71. The van der Waals surface area contributed by atoms with Crippen molar-refractivity contribution >= 4 is 32.8 Å². The molecule has 0 fully saturated rings. The molecule has 0 aromatic carbocycles. The summed E-state index contributed by atoms with van der Waals surface area (Å²) in [5.74, 6) is -0.0400. The van der Waals surface area contributed by atoms with Crippen LogP contribution < -0.4 is 16.0 Å². The molecule has 0 amide bonds. The zero-order valence-electron chi connectivity index (χ0n) is 12.3. The molecule has 0 unspecified atom stereocenters. The number of aryl methyl sites for hydroxylation is 1. The summed E-state index contributed by atoms with van der Waals surface area (Å²) in [6.07, 6.45) is 0. The highest BCUT2D eigenvalue weighted by molar-refractivity contribution is 7.89. The molecule has 2 aromatic heterocycles. The van der Waals surface area contributed by atoms with Gasteiger partial charge in [-0.05, 0) is 18.5 Å². The zero-order chi connectivity index (χ0) is 16.7. The van der Waals surface area contributed by atoms with Crippen LogP contribution in [0.25, 0.3) is 11.2 Å². The Morgan fingerprint density at radius 2 is 1.86 bits per heavy atom. The van der Waals surface area contributed by atoms with E-state index >= 15 is 0 Å². The van der Waals surface area contributed by atoms with Gasteiger partial charge in [0.05, 0.1) is 5.75 Å². The molecule has 0 saturated carbocycles. The van der Waals surface area contributed by atoms with E-state index < -0.39 is 21.3 Å². The molecule has 0 aliphatic carbocycles. The SMILES string of the molecule is CCS(=O)(=O)NCCn1c(Cl)nc2c1c(=O)n(C)c(=O)n2C. The Bertz CT molecular complexity index is 940. The van der Waals surface area contributed by atoms with Crippen LogP contribution in [-0.4, -0.2) is 39.4 Å². The van der Waals surface area contributed by atoms with Crippen LogP contribution in [0.15, 0.2) is 9.59 Å². The Kier molecular flexibility index (Phi) is 4.45. The van der Waals surface area contributed by atoms with E-state index in [-0.39, 0.29) is 35.3 Å². The highest BCUT2D eigenvalue weighted by atomic mass is 35.5. The summed E-state index contributed by atoms with van der Waals surface area (Å²) in [7, 11) is -0.497. The summed E-state index contributed by atoms with van der Waals surface area (Å²) < 4.78 is 28.8. The molecule has 22 heavy (non-hydrogen) atoms. The van der Waals surface area contributed by atoms with Gasteiger partial charge < -0.3 is 4.57 Å². The number of imidazole rings is 1. The Hall–Kier alpha value is -1.65. The molecule has 122 valence electrons. The lowest BCUT2D eigenvalue weighted by Crippen LogP contribution is -2.38. The Balaban J connectivity index is 2.50. The van der Waals surface area contributed by atoms with Gasteiger partial charge in [-0.3, -0.25) is 13.9 Å². The minimum Gasteiger partial charge on any atom is -0.307 e. The lowest BCUT2D eigenvalue weighted by molar-refractivity contribution is 0.575. The molecule has 0 saturated heterocycles. The molecule has 2 heterocycles. The highest BCUT2D eigenvalue weighted by Gasteiger charge is 2.18. The van der Waals surface area contributed by atoms with E-state index in [0.717, 1.165) is 4.57 Å². The molecular weight excluding hydrogens is 334 g/mol. The van der Waals surface area contributed by atoms with Gasteiger partial charge in [0.25, 0.3) is 5.56 Å². The lowest BCUT2D eigenvalue weighted by Gasteiger charge is -2.08. The zero-order valence-corrected chi connectivity index (χ0v) is 13.9. The number of hydrogen-bond acceptors (Lipinski definition) is 5. The molecule has 0 atom stereocenters. The molecule has 0 aliphatic rings. The quantitative estimate of drug-likeness (QED) is 0.698. The molecule has 9 nitrogen and oxygen atoms in total. The van der Waals surface area contributed by atoms with Gasteiger partial charge in [-0.25, -0.2) is 17.9 Å². The van der Waals surface area contributed by atoms with Crippen LogP contribution in [-0.2, 0) is 30.7 Å². The number of halogens is 1. The summed E-state index contributed by atoms with van der Waals surface area (Å²) in [4.78, 5) is 28.1. The maximum atomic E-state index is 12.2. The molecule has 0 spiro atoms. The van der Waals surface area contributed by atoms with Gasteiger partial charge in [-0.1, -0.05) is 0 Å². The van der Waals surface area contributed by atoms with E-state index in [1.807, 2.05) is 0 Å². The van der Waals surface area contributed by atoms with Crippen LogP contribution >= 0.6 is 11.6 Å². The maximum absolute atomic E-state index is 12.2. The van der Waals surface area contributed by atoms with Gasteiger partial charge in [0.2, 0.25) is 15.3 Å². The van der Waals surface area contributed by atoms with Crippen LogP contribution in [0.4, 0.5) is 0 Å². The number of nitrogens with one attached hydrogen (secondary N) is 1. The monoisotopic (exact) mass is 349 g/mol. The van der Waals surface area contributed by atoms with Gasteiger partial charge in [-0.2, -0.15) is 4.98 Å². The van der Waals surface area contributed by atoms with Gasteiger partial charge in [-0.15, -0.1) is 0 Å². The predicted molar refractivity (Wildman–Crippen MR) is 82.7 cm³/mol. The van der Waals surface area contributed by atoms with Crippen molar-refractivity contribution in [1.82, 2.24) is 23.4 Å². The molecule has 1 N–H and O–H groups in total. The normalized spacial score (nSPS) is 12.2. The first-order chi connectivity index (χ1) is 10.2. The third-order valence-electron chi connectivity index (χ3n) is 3.34. The molecule has 2 aromatic rings. The molecule has 2 rings (SSSR count).